The fraction of sp³-hybridized carbons (Fsp3) is 0.333. The highest BCUT2D eigenvalue weighted by Gasteiger charge is 2.32. The molecule has 1 heterocycles. The van der Waals surface area contributed by atoms with Crippen molar-refractivity contribution in [1.29, 1.82) is 0 Å². The van der Waals surface area contributed by atoms with E-state index < -0.39 is 15.9 Å². The van der Waals surface area contributed by atoms with E-state index >= 15 is 0 Å². The Kier molecular flexibility index (Phi) is 7.59. The summed E-state index contributed by atoms with van der Waals surface area (Å²) in [6.45, 7) is 1.88. The number of hydrogen-bond acceptors (Lipinski definition) is 4. The molecule has 31 heavy (non-hydrogen) atoms. The van der Waals surface area contributed by atoms with Crippen molar-refractivity contribution >= 4 is 56.4 Å². The van der Waals surface area contributed by atoms with Gasteiger partial charge in [-0.15, -0.1) is 0 Å². The van der Waals surface area contributed by atoms with Gasteiger partial charge in [-0.1, -0.05) is 35.3 Å². The second-order valence-electron chi connectivity index (χ2n) is 7.45. The number of carbonyl (C=O) groups excluding carboxylic acids is 2. The molecule has 2 N–H and O–H groups in total. The minimum absolute atomic E-state index is 0.112. The highest BCUT2D eigenvalue weighted by molar-refractivity contribution is 7.88. The van der Waals surface area contributed by atoms with Gasteiger partial charge in [-0.25, -0.2) is 12.7 Å². The highest BCUT2D eigenvalue weighted by Crippen LogP contribution is 2.26. The molecule has 0 radical (unpaired) electrons. The first-order valence-electron chi connectivity index (χ1n) is 9.74. The molecule has 0 saturated carbocycles. The summed E-state index contributed by atoms with van der Waals surface area (Å²) in [5.41, 5.74) is 1.64. The van der Waals surface area contributed by atoms with E-state index in [1.807, 2.05) is 0 Å². The molecule has 3 rings (SSSR count). The van der Waals surface area contributed by atoms with Gasteiger partial charge in [0.2, 0.25) is 21.8 Å². The number of benzene rings is 2. The molecule has 2 aromatic carbocycles. The lowest BCUT2D eigenvalue weighted by Crippen LogP contribution is -2.44. The molecule has 1 aliphatic rings. The van der Waals surface area contributed by atoms with Gasteiger partial charge in [0.15, 0.2) is 0 Å². The topological polar surface area (TPSA) is 95.6 Å². The van der Waals surface area contributed by atoms with Crippen LogP contribution in [-0.4, -0.2) is 37.6 Å². The van der Waals surface area contributed by atoms with E-state index in [0.717, 1.165) is 0 Å². The van der Waals surface area contributed by atoms with Crippen molar-refractivity contribution in [3.05, 3.63) is 58.1 Å². The first-order valence-corrected chi connectivity index (χ1v) is 12.1. The SMILES string of the molecule is CC(=O)Nc1cccc(NC(=O)C2CCCN(S(=O)(=O)Cc3ccc(Cl)c(Cl)c3)C2)c1. The largest absolute Gasteiger partial charge is 0.326 e. The molecule has 1 fully saturated rings. The third kappa shape index (κ3) is 6.43. The van der Waals surface area contributed by atoms with E-state index in [2.05, 4.69) is 10.6 Å². The van der Waals surface area contributed by atoms with E-state index in [-0.39, 0.29) is 24.1 Å². The summed E-state index contributed by atoms with van der Waals surface area (Å²) in [5, 5.41) is 6.14. The van der Waals surface area contributed by atoms with Crippen LogP contribution in [0.1, 0.15) is 25.3 Å². The second-order valence-corrected chi connectivity index (χ2v) is 10.2. The van der Waals surface area contributed by atoms with Gasteiger partial charge < -0.3 is 10.6 Å². The summed E-state index contributed by atoms with van der Waals surface area (Å²) >= 11 is 11.9. The summed E-state index contributed by atoms with van der Waals surface area (Å²) in [5.74, 6) is -1.15. The molecule has 1 aliphatic heterocycles. The third-order valence-corrected chi connectivity index (χ3v) is 7.49. The fourth-order valence-electron chi connectivity index (χ4n) is 3.46. The average Bonchev–Trinajstić information content (AvgIpc) is 2.70. The van der Waals surface area contributed by atoms with Gasteiger partial charge in [0.1, 0.15) is 0 Å². The number of sulfonamides is 1. The molecule has 0 spiro atoms. The Balaban J connectivity index is 1.65. The predicted octanol–water partition coefficient (Wildman–Crippen LogP) is 4.13. The van der Waals surface area contributed by atoms with Crippen LogP contribution in [0.2, 0.25) is 10.0 Å². The van der Waals surface area contributed by atoms with Gasteiger partial charge in [-0.05, 0) is 48.7 Å². The number of carbonyl (C=O) groups is 2. The normalized spacial score (nSPS) is 17.2. The lowest BCUT2D eigenvalue weighted by Gasteiger charge is -2.31. The van der Waals surface area contributed by atoms with Crippen molar-refractivity contribution in [2.75, 3.05) is 23.7 Å². The molecule has 10 heteroatoms. The Bertz CT molecular complexity index is 1090. The van der Waals surface area contributed by atoms with Crippen molar-refractivity contribution in [3.8, 4) is 0 Å². The smallest absolute Gasteiger partial charge is 0.228 e. The Hall–Kier alpha value is -2.13. The molecule has 1 unspecified atom stereocenters. The van der Waals surface area contributed by atoms with Gasteiger partial charge in [-0.2, -0.15) is 0 Å². The van der Waals surface area contributed by atoms with Crippen LogP contribution in [0.3, 0.4) is 0 Å². The summed E-state index contributed by atoms with van der Waals surface area (Å²) in [6.07, 6.45) is 1.18. The molecule has 166 valence electrons. The van der Waals surface area contributed by atoms with Crippen LogP contribution < -0.4 is 10.6 Å². The number of amides is 2. The van der Waals surface area contributed by atoms with Crippen LogP contribution in [-0.2, 0) is 25.4 Å². The maximum atomic E-state index is 12.9. The number of hydrogen-bond donors (Lipinski definition) is 2. The number of piperidine rings is 1. The number of rotatable bonds is 6. The van der Waals surface area contributed by atoms with Crippen LogP contribution in [0.4, 0.5) is 11.4 Å². The number of anilines is 2. The minimum Gasteiger partial charge on any atom is -0.326 e. The maximum absolute atomic E-state index is 12.9. The molecule has 1 saturated heterocycles. The molecule has 2 amide bonds. The quantitative estimate of drug-likeness (QED) is 0.645. The highest BCUT2D eigenvalue weighted by atomic mass is 35.5. The Morgan fingerprint density at radius 1 is 1.06 bits per heavy atom. The summed E-state index contributed by atoms with van der Waals surface area (Å²) in [4.78, 5) is 24.0. The molecule has 7 nitrogen and oxygen atoms in total. The van der Waals surface area contributed by atoms with Crippen molar-refractivity contribution < 1.29 is 18.0 Å². The third-order valence-electron chi connectivity index (χ3n) is 4.93. The van der Waals surface area contributed by atoms with Crippen molar-refractivity contribution in [3.63, 3.8) is 0 Å². The monoisotopic (exact) mass is 483 g/mol. The number of nitrogens with zero attached hydrogens (tertiary/aromatic N) is 1. The summed E-state index contributed by atoms with van der Waals surface area (Å²) < 4.78 is 27.2. The van der Waals surface area contributed by atoms with E-state index in [1.54, 1.807) is 36.4 Å². The number of nitrogens with one attached hydrogen (secondary N) is 2. The fourth-order valence-corrected chi connectivity index (χ4v) is 5.38. The average molecular weight is 484 g/mol. The molecular weight excluding hydrogens is 461 g/mol. The second kappa shape index (κ2) is 9.99. The molecule has 1 atom stereocenters. The first-order chi connectivity index (χ1) is 14.6. The minimum atomic E-state index is -3.62. The number of halogens is 2. The van der Waals surface area contributed by atoms with Crippen LogP contribution in [0, 0.1) is 5.92 Å². The van der Waals surface area contributed by atoms with Crippen LogP contribution in [0.5, 0.6) is 0 Å². The van der Waals surface area contributed by atoms with Gasteiger partial charge in [0.25, 0.3) is 0 Å². The van der Waals surface area contributed by atoms with Gasteiger partial charge >= 0.3 is 0 Å². The molecule has 0 bridgehead atoms. The van der Waals surface area contributed by atoms with E-state index in [9.17, 15) is 18.0 Å². The Morgan fingerprint density at radius 3 is 2.45 bits per heavy atom. The van der Waals surface area contributed by atoms with Crippen LogP contribution in [0.25, 0.3) is 0 Å². The molecule has 0 aromatic heterocycles. The predicted molar refractivity (Wildman–Crippen MR) is 123 cm³/mol. The Labute approximate surface area is 191 Å². The van der Waals surface area contributed by atoms with E-state index in [1.165, 1.54) is 17.3 Å². The lowest BCUT2D eigenvalue weighted by atomic mass is 9.98. The maximum Gasteiger partial charge on any atom is 0.228 e. The summed E-state index contributed by atoms with van der Waals surface area (Å²) in [7, 11) is -3.62. The van der Waals surface area contributed by atoms with Crippen LogP contribution in [0.15, 0.2) is 42.5 Å². The first kappa shape index (κ1) is 23.5. The zero-order valence-corrected chi connectivity index (χ0v) is 19.2. The lowest BCUT2D eigenvalue weighted by molar-refractivity contribution is -0.121. The van der Waals surface area contributed by atoms with E-state index in [4.69, 9.17) is 23.2 Å². The summed E-state index contributed by atoms with van der Waals surface area (Å²) in [6, 6.07) is 11.5. The Morgan fingerprint density at radius 2 is 1.77 bits per heavy atom. The van der Waals surface area contributed by atoms with Gasteiger partial charge in [0, 0.05) is 31.4 Å². The van der Waals surface area contributed by atoms with Crippen molar-refractivity contribution in [1.82, 2.24) is 4.31 Å². The van der Waals surface area contributed by atoms with Gasteiger partial charge in [-0.3, -0.25) is 9.59 Å². The van der Waals surface area contributed by atoms with Gasteiger partial charge in [0.05, 0.1) is 21.7 Å². The van der Waals surface area contributed by atoms with Crippen LogP contribution >= 0.6 is 23.2 Å². The zero-order chi connectivity index (χ0) is 22.6. The molecular formula is C21H23Cl2N3O4S. The van der Waals surface area contributed by atoms with Crippen molar-refractivity contribution in [2.24, 2.45) is 5.92 Å². The standard InChI is InChI=1S/C21H23Cl2N3O4S/c1-14(27)24-17-5-2-6-18(11-17)25-21(28)16-4-3-9-26(12-16)31(29,30)13-15-7-8-19(22)20(23)10-15/h2,5-8,10-11,16H,3-4,9,12-13H2,1H3,(H,24,27)(H,25,28). The van der Waals surface area contributed by atoms with Crippen molar-refractivity contribution in [2.45, 2.75) is 25.5 Å². The van der Waals surface area contributed by atoms with E-state index in [0.29, 0.717) is 46.4 Å². The molecule has 2 aromatic rings. The molecule has 0 aliphatic carbocycles. The zero-order valence-electron chi connectivity index (χ0n) is 16.9.